The monoisotopic (exact) mass is 327 g/mol. The zero-order valence-corrected chi connectivity index (χ0v) is 13.1. The molecule has 0 aliphatic carbocycles. The summed E-state index contributed by atoms with van der Waals surface area (Å²) in [5.41, 5.74) is 2.08. The zero-order chi connectivity index (χ0) is 15.2. The maximum absolute atomic E-state index is 12.8. The van der Waals surface area contributed by atoms with Gasteiger partial charge in [0.05, 0.1) is 17.2 Å². The molecule has 1 N–H and O–H groups in total. The van der Waals surface area contributed by atoms with Gasteiger partial charge in [0.2, 0.25) is 0 Å². The van der Waals surface area contributed by atoms with Crippen molar-refractivity contribution in [2.24, 2.45) is 0 Å². The third kappa shape index (κ3) is 4.60. The first-order valence-electron chi connectivity index (χ1n) is 6.57. The lowest BCUT2D eigenvalue weighted by Gasteiger charge is -2.10. The molecule has 0 saturated heterocycles. The number of hydrogen-bond donors (Lipinski definition) is 1. The zero-order valence-electron chi connectivity index (χ0n) is 11.6. The van der Waals surface area contributed by atoms with Crippen LogP contribution in [0.1, 0.15) is 11.1 Å². The first kappa shape index (κ1) is 16.1. The number of rotatable bonds is 6. The van der Waals surface area contributed by atoms with Crippen molar-refractivity contribution in [1.82, 2.24) is 5.32 Å². The Labute approximate surface area is 133 Å². The number of halogens is 3. The lowest BCUT2D eigenvalue weighted by Crippen LogP contribution is -2.16. The molecule has 0 radical (unpaired) electrons. The number of benzene rings is 2. The molecule has 0 unspecified atom stereocenters. The van der Waals surface area contributed by atoms with E-state index in [1.54, 1.807) is 12.1 Å². The quantitative estimate of drug-likeness (QED) is 0.790. The van der Waals surface area contributed by atoms with Crippen LogP contribution in [0.25, 0.3) is 0 Å². The molecule has 0 amide bonds. The fraction of sp³-hybridized carbons (Fsp3) is 0.250. The van der Waals surface area contributed by atoms with Crippen LogP contribution in [0.3, 0.4) is 0 Å². The molecular weight excluding hydrogens is 312 g/mol. The summed E-state index contributed by atoms with van der Waals surface area (Å²) in [6.07, 6.45) is 0.831. The van der Waals surface area contributed by atoms with Gasteiger partial charge >= 0.3 is 0 Å². The smallest absolute Gasteiger partial charge is 0.156 e. The van der Waals surface area contributed by atoms with Gasteiger partial charge in [-0.3, -0.25) is 0 Å². The highest BCUT2D eigenvalue weighted by molar-refractivity contribution is 6.37. The second-order valence-electron chi connectivity index (χ2n) is 4.65. The van der Waals surface area contributed by atoms with Gasteiger partial charge in [0.1, 0.15) is 5.82 Å². The molecule has 0 saturated carbocycles. The maximum atomic E-state index is 12.8. The molecule has 0 fully saturated rings. The predicted molar refractivity (Wildman–Crippen MR) is 84.8 cm³/mol. The minimum Gasteiger partial charge on any atom is -0.494 e. The SMILES string of the molecule is COc1c(Cl)cc(CNCCc2ccc(F)cc2)cc1Cl. The molecular formula is C16H16Cl2FNO. The van der Waals surface area contributed by atoms with Crippen LogP contribution in [0.5, 0.6) is 5.75 Å². The summed E-state index contributed by atoms with van der Waals surface area (Å²) < 4.78 is 17.9. The molecule has 0 bridgehead atoms. The van der Waals surface area contributed by atoms with Gasteiger partial charge in [-0.1, -0.05) is 35.3 Å². The predicted octanol–water partition coefficient (Wildman–Crippen LogP) is 4.47. The Bertz CT molecular complexity index is 579. The number of methoxy groups -OCH3 is 1. The molecule has 0 heterocycles. The minimum atomic E-state index is -0.214. The molecule has 2 aromatic carbocycles. The molecule has 0 aliphatic heterocycles. The average Bonchev–Trinajstić information content (AvgIpc) is 2.45. The van der Waals surface area contributed by atoms with Crippen molar-refractivity contribution in [2.75, 3.05) is 13.7 Å². The van der Waals surface area contributed by atoms with Gasteiger partial charge in [-0.05, 0) is 48.4 Å². The van der Waals surface area contributed by atoms with E-state index in [1.807, 2.05) is 12.1 Å². The van der Waals surface area contributed by atoms with E-state index in [4.69, 9.17) is 27.9 Å². The van der Waals surface area contributed by atoms with Crippen molar-refractivity contribution in [3.8, 4) is 5.75 Å². The van der Waals surface area contributed by atoms with Crippen molar-refractivity contribution in [3.05, 3.63) is 63.4 Å². The Morgan fingerprint density at radius 1 is 1.05 bits per heavy atom. The Morgan fingerprint density at radius 3 is 2.24 bits per heavy atom. The van der Waals surface area contributed by atoms with Crippen LogP contribution in [-0.4, -0.2) is 13.7 Å². The van der Waals surface area contributed by atoms with Crippen molar-refractivity contribution in [1.29, 1.82) is 0 Å². The van der Waals surface area contributed by atoms with Gasteiger partial charge in [0.25, 0.3) is 0 Å². The summed E-state index contributed by atoms with van der Waals surface area (Å²) in [4.78, 5) is 0. The van der Waals surface area contributed by atoms with Crippen LogP contribution in [0.2, 0.25) is 10.0 Å². The number of ether oxygens (including phenoxy) is 1. The Kier molecular flexibility index (Phi) is 5.85. The van der Waals surface area contributed by atoms with Gasteiger partial charge in [0, 0.05) is 6.54 Å². The minimum absolute atomic E-state index is 0.214. The molecule has 0 aromatic heterocycles. The van der Waals surface area contributed by atoms with Crippen LogP contribution in [0, 0.1) is 5.82 Å². The fourth-order valence-electron chi connectivity index (χ4n) is 2.03. The fourth-order valence-corrected chi connectivity index (χ4v) is 2.71. The van der Waals surface area contributed by atoms with E-state index in [9.17, 15) is 4.39 Å². The van der Waals surface area contributed by atoms with Gasteiger partial charge in [-0.2, -0.15) is 0 Å². The number of hydrogen-bond acceptors (Lipinski definition) is 2. The normalized spacial score (nSPS) is 10.7. The standard InChI is InChI=1S/C16H16Cl2FNO/c1-21-16-14(17)8-12(9-15(16)18)10-20-7-6-11-2-4-13(19)5-3-11/h2-5,8-9,20H,6-7,10H2,1H3. The Hall–Kier alpha value is -1.29. The average molecular weight is 328 g/mol. The van der Waals surface area contributed by atoms with Crippen molar-refractivity contribution in [2.45, 2.75) is 13.0 Å². The van der Waals surface area contributed by atoms with E-state index in [2.05, 4.69) is 5.32 Å². The molecule has 0 atom stereocenters. The summed E-state index contributed by atoms with van der Waals surface area (Å²) in [7, 11) is 1.54. The second kappa shape index (κ2) is 7.64. The van der Waals surface area contributed by atoms with Crippen LogP contribution >= 0.6 is 23.2 Å². The van der Waals surface area contributed by atoms with Gasteiger partial charge in [-0.15, -0.1) is 0 Å². The highest BCUT2D eigenvalue weighted by Crippen LogP contribution is 2.33. The third-order valence-corrected chi connectivity index (χ3v) is 3.66. The van der Waals surface area contributed by atoms with E-state index >= 15 is 0 Å². The molecule has 112 valence electrons. The molecule has 0 spiro atoms. The summed E-state index contributed by atoms with van der Waals surface area (Å²) >= 11 is 12.2. The lowest BCUT2D eigenvalue weighted by atomic mass is 10.1. The lowest BCUT2D eigenvalue weighted by molar-refractivity contribution is 0.415. The Morgan fingerprint density at radius 2 is 1.67 bits per heavy atom. The van der Waals surface area contributed by atoms with Crippen LogP contribution in [0.15, 0.2) is 36.4 Å². The van der Waals surface area contributed by atoms with Crippen LogP contribution in [0.4, 0.5) is 4.39 Å². The maximum Gasteiger partial charge on any atom is 0.156 e. The molecule has 5 heteroatoms. The highest BCUT2D eigenvalue weighted by atomic mass is 35.5. The topological polar surface area (TPSA) is 21.3 Å². The summed E-state index contributed by atoms with van der Waals surface area (Å²) in [6, 6.07) is 10.2. The second-order valence-corrected chi connectivity index (χ2v) is 5.46. The largest absolute Gasteiger partial charge is 0.494 e. The molecule has 0 aliphatic rings. The highest BCUT2D eigenvalue weighted by Gasteiger charge is 2.08. The Balaban J connectivity index is 1.85. The van der Waals surface area contributed by atoms with Gasteiger partial charge in [-0.25, -0.2) is 4.39 Å². The molecule has 2 rings (SSSR count). The summed E-state index contributed by atoms with van der Waals surface area (Å²) in [5.74, 6) is 0.280. The molecule has 2 nitrogen and oxygen atoms in total. The summed E-state index contributed by atoms with van der Waals surface area (Å²) in [5, 5.41) is 4.31. The summed E-state index contributed by atoms with van der Waals surface area (Å²) in [6.45, 7) is 1.44. The van der Waals surface area contributed by atoms with Crippen molar-refractivity contribution >= 4 is 23.2 Å². The first-order valence-corrected chi connectivity index (χ1v) is 7.33. The first-order chi connectivity index (χ1) is 10.1. The van der Waals surface area contributed by atoms with Crippen LogP contribution in [-0.2, 0) is 13.0 Å². The number of nitrogens with one attached hydrogen (secondary N) is 1. The van der Waals surface area contributed by atoms with E-state index in [0.29, 0.717) is 22.3 Å². The van der Waals surface area contributed by atoms with Gasteiger partial charge in [0.15, 0.2) is 5.75 Å². The van der Waals surface area contributed by atoms with E-state index < -0.39 is 0 Å². The van der Waals surface area contributed by atoms with Crippen molar-refractivity contribution < 1.29 is 9.13 Å². The van der Waals surface area contributed by atoms with E-state index in [-0.39, 0.29) is 5.82 Å². The van der Waals surface area contributed by atoms with Gasteiger partial charge < -0.3 is 10.1 Å². The molecule has 2 aromatic rings. The molecule has 21 heavy (non-hydrogen) atoms. The van der Waals surface area contributed by atoms with E-state index in [0.717, 1.165) is 24.1 Å². The van der Waals surface area contributed by atoms with E-state index in [1.165, 1.54) is 19.2 Å². The van der Waals surface area contributed by atoms with Crippen molar-refractivity contribution in [3.63, 3.8) is 0 Å². The van der Waals surface area contributed by atoms with Crippen LogP contribution < -0.4 is 10.1 Å². The third-order valence-electron chi connectivity index (χ3n) is 3.10.